The number of benzene rings is 1. The quantitative estimate of drug-likeness (QED) is 0.783. The Morgan fingerprint density at radius 1 is 1.13 bits per heavy atom. The van der Waals surface area contributed by atoms with Crippen molar-refractivity contribution in [3.05, 3.63) is 35.4 Å². The summed E-state index contributed by atoms with van der Waals surface area (Å²) < 4.78 is 0. The van der Waals surface area contributed by atoms with E-state index in [1.807, 2.05) is 0 Å². The summed E-state index contributed by atoms with van der Waals surface area (Å²) in [4.78, 5) is 12.0. The Morgan fingerprint density at radius 3 is 2.57 bits per heavy atom. The Kier molecular flexibility index (Phi) is 5.34. The lowest BCUT2D eigenvalue weighted by Crippen LogP contribution is -2.60. The molecule has 2 fully saturated rings. The van der Waals surface area contributed by atoms with E-state index in [4.69, 9.17) is 0 Å². The van der Waals surface area contributed by atoms with Crippen LogP contribution in [-0.2, 0) is 17.8 Å². The Labute approximate surface area is 139 Å². The van der Waals surface area contributed by atoms with Crippen LogP contribution in [0.4, 0.5) is 0 Å². The maximum atomic E-state index is 12.0. The molecule has 1 aliphatic carbocycles. The topological polar surface area (TPSA) is 53.2 Å². The lowest BCUT2D eigenvalue weighted by molar-refractivity contribution is -0.133. The van der Waals surface area contributed by atoms with Crippen molar-refractivity contribution in [1.82, 2.24) is 16.2 Å². The van der Waals surface area contributed by atoms with Gasteiger partial charge in [-0.15, -0.1) is 0 Å². The number of amides is 1. The first-order valence-electron chi connectivity index (χ1n) is 9.00. The molecule has 1 saturated heterocycles. The van der Waals surface area contributed by atoms with Crippen LogP contribution in [0, 0.1) is 11.8 Å². The van der Waals surface area contributed by atoms with Gasteiger partial charge in [0.05, 0.1) is 0 Å². The summed E-state index contributed by atoms with van der Waals surface area (Å²) in [6, 6.07) is 9.75. The first-order valence-corrected chi connectivity index (χ1v) is 9.00. The summed E-state index contributed by atoms with van der Waals surface area (Å²) in [5.41, 5.74) is 8.82. The van der Waals surface area contributed by atoms with Crippen LogP contribution in [0.15, 0.2) is 24.3 Å². The molecule has 3 rings (SSSR count). The van der Waals surface area contributed by atoms with Gasteiger partial charge in [-0.1, -0.05) is 51.0 Å². The van der Waals surface area contributed by atoms with Gasteiger partial charge in [0.25, 0.3) is 0 Å². The Hall–Kier alpha value is -1.39. The third-order valence-corrected chi connectivity index (χ3v) is 5.25. The number of hydrogen-bond acceptors (Lipinski definition) is 3. The molecular weight excluding hydrogens is 286 g/mol. The normalized spacial score (nSPS) is 27.6. The van der Waals surface area contributed by atoms with Gasteiger partial charge >= 0.3 is 0 Å². The number of hydrazine groups is 1. The van der Waals surface area contributed by atoms with Crippen molar-refractivity contribution in [3.63, 3.8) is 0 Å². The number of nitrogens with one attached hydrogen (secondary N) is 3. The lowest BCUT2D eigenvalue weighted by Gasteiger charge is -2.41. The van der Waals surface area contributed by atoms with Crippen LogP contribution in [0.25, 0.3) is 0 Å². The minimum absolute atomic E-state index is 0.195. The Bertz CT molecular complexity index is 526. The zero-order valence-corrected chi connectivity index (χ0v) is 14.3. The van der Waals surface area contributed by atoms with Crippen molar-refractivity contribution >= 4 is 5.91 Å². The van der Waals surface area contributed by atoms with Crippen molar-refractivity contribution in [2.75, 3.05) is 0 Å². The van der Waals surface area contributed by atoms with Crippen molar-refractivity contribution in [2.45, 2.75) is 64.6 Å². The summed E-state index contributed by atoms with van der Waals surface area (Å²) in [5.74, 6) is 0.894. The summed E-state index contributed by atoms with van der Waals surface area (Å²) in [5, 5.41) is 3.44. The van der Waals surface area contributed by atoms with E-state index < -0.39 is 0 Å². The van der Waals surface area contributed by atoms with E-state index in [9.17, 15) is 4.79 Å². The van der Waals surface area contributed by atoms with Crippen molar-refractivity contribution in [3.8, 4) is 0 Å². The van der Waals surface area contributed by atoms with Crippen LogP contribution in [-0.4, -0.2) is 18.0 Å². The molecule has 3 atom stereocenters. The molecule has 0 radical (unpaired) electrons. The van der Waals surface area contributed by atoms with Crippen molar-refractivity contribution in [2.24, 2.45) is 11.8 Å². The maximum Gasteiger partial charge on any atom is 0.237 e. The highest BCUT2D eigenvalue weighted by Gasteiger charge is 2.39. The Morgan fingerprint density at radius 2 is 1.83 bits per heavy atom. The van der Waals surface area contributed by atoms with Crippen LogP contribution in [0.1, 0.15) is 50.7 Å². The summed E-state index contributed by atoms with van der Waals surface area (Å²) in [7, 11) is 0. The van der Waals surface area contributed by atoms with E-state index in [1.54, 1.807) is 0 Å². The fraction of sp³-hybridized carbons (Fsp3) is 0.632. The fourth-order valence-electron chi connectivity index (χ4n) is 3.90. The van der Waals surface area contributed by atoms with Crippen LogP contribution in [0.5, 0.6) is 0 Å². The second kappa shape index (κ2) is 7.45. The third-order valence-electron chi connectivity index (χ3n) is 5.25. The van der Waals surface area contributed by atoms with Gasteiger partial charge in [0.1, 0.15) is 0 Å². The van der Waals surface area contributed by atoms with Gasteiger partial charge in [-0.2, -0.15) is 0 Å². The van der Waals surface area contributed by atoms with E-state index in [-0.39, 0.29) is 11.8 Å². The molecule has 0 spiro atoms. The molecule has 0 bridgehead atoms. The van der Waals surface area contributed by atoms with Crippen LogP contribution in [0.3, 0.4) is 0 Å². The predicted octanol–water partition coefficient (Wildman–Crippen LogP) is 2.54. The number of fused-ring (bicyclic) bond motifs is 1. The fourth-order valence-corrected chi connectivity index (χ4v) is 3.90. The van der Waals surface area contributed by atoms with Gasteiger partial charge < -0.3 is 5.32 Å². The molecule has 1 heterocycles. The van der Waals surface area contributed by atoms with E-state index in [0.717, 1.165) is 19.4 Å². The minimum atomic E-state index is 0.195. The van der Waals surface area contributed by atoms with Gasteiger partial charge in [0, 0.05) is 24.5 Å². The lowest BCUT2D eigenvalue weighted by atomic mass is 9.72. The molecule has 1 aliphatic heterocycles. The number of carbonyl (C=O) groups excluding carboxylic acids is 1. The summed E-state index contributed by atoms with van der Waals surface area (Å²) in [6.45, 7) is 5.25. The highest BCUT2D eigenvalue weighted by atomic mass is 16.2. The second-order valence-corrected chi connectivity index (χ2v) is 7.35. The second-order valence-electron chi connectivity index (χ2n) is 7.35. The molecule has 4 heteroatoms. The first kappa shape index (κ1) is 16.5. The minimum Gasteiger partial charge on any atom is -0.310 e. The average Bonchev–Trinajstić information content (AvgIpc) is 2.57. The van der Waals surface area contributed by atoms with Crippen LogP contribution >= 0.6 is 0 Å². The van der Waals surface area contributed by atoms with Gasteiger partial charge in [-0.05, 0) is 36.3 Å². The molecule has 4 nitrogen and oxygen atoms in total. The summed E-state index contributed by atoms with van der Waals surface area (Å²) in [6.07, 6.45) is 5.66. The van der Waals surface area contributed by atoms with Crippen LogP contribution < -0.4 is 16.2 Å². The van der Waals surface area contributed by atoms with E-state index in [1.165, 1.54) is 30.4 Å². The monoisotopic (exact) mass is 315 g/mol. The zero-order valence-electron chi connectivity index (χ0n) is 14.3. The van der Waals surface area contributed by atoms with Gasteiger partial charge in [0.15, 0.2) is 0 Å². The maximum absolute atomic E-state index is 12.0. The first-order chi connectivity index (χ1) is 11.1. The largest absolute Gasteiger partial charge is 0.310 e. The zero-order chi connectivity index (χ0) is 16.2. The molecule has 0 aromatic heterocycles. The van der Waals surface area contributed by atoms with E-state index in [0.29, 0.717) is 18.0 Å². The van der Waals surface area contributed by atoms with Crippen molar-refractivity contribution < 1.29 is 4.79 Å². The number of rotatable bonds is 5. The standard InChI is InChI=1S/C19H29N3O/c1-13(2)20-12-15-9-7-14(8-10-15)11-18-16-5-3-4-6-17(16)19(23)22-21-18/h7-10,13,16-18,20-21H,3-6,11-12H2,1-2H3,(H,22,23). The number of hydrogen-bond donors (Lipinski definition) is 3. The van der Waals surface area contributed by atoms with Crippen molar-refractivity contribution in [1.29, 1.82) is 0 Å². The molecule has 1 aromatic carbocycles. The molecule has 1 amide bonds. The molecular formula is C19H29N3O. The third kappa shape index (κ3) is 4.12. The summed E-state index contributed by atoms with van der Waals surface area (Å²) >= 11 is 0. The predicted molar refractivity (Wildman–Crippen MR) is 92.6 cm³/mol. The smallest absolute Gasteiger partial charge is 0.237 e. The average molecular weight is 315 g/mol. The van der Waals surface area contributed by atoms with Gasteiger partial charge in [-0.3, -0.25) is 10.2 Å². The molecule has 126 valence electrons. The highest BCUT2D eigenvalue weighted by molar-refractivity contribution is 5.79. The van der Waals surface area contributed by atoms with E-state index >= 15 is 0 Å². The number of carbonyl (C=O) groups is 1. The SMILES string of the molecule is CC(C)NCc1ccc(CC2NNC(=O)C3CCCCC23)cc1. The highest BCUT2D eigenvalue weighted by Crippen LogP contribution is 2.35. The van der Waals surface area contributed by atoms with E-state index in [2.05, 4.69) is 54.3 Å². The molecule has 3 N–H and O–H groups in total. The van der Waals surface area contributed by atoms with Gasteiger partial charge in [-0.25, -0.2) is 5.43 Å². The Balaban J connectivity index is 1.61. The molecule has 3 unspecified atom stereocenters. The molecule has 2 aliphatic rings. The molecule has 23 heavy (non-hydrogen) atoms. The van der Waals surface area contributed by atoms with Gasteiger partial charge in [0.2, 0.25) is 5.91 Å². The molecule has 1 saturated carbocycles. The molecule has 1 aromatic rings. The van der Waals surface area contributed by atoms with Crippen LogP contribution in [0.2, 0.25) is 0 Å².